The first-order valence-electron chi connectivity index (χ1n) is 11.3. The molecule has 0 fully saturated rings. The predicted octanol–water partition coefficient (Wildman–Crippen LogP) is 5.94. The summed E-state index contributed by atoms with van der Waals surface area (Å²) < 4.78 is 35.0. The second-order valence-corrected chi connectivity index (χ2v) is 10.3. The molecule has 3 rings (SSSR count). The molecule has 190 valence electrons. The SMILES string of the molecule is C=CCOC(=O)c1cc2cc(C[P+](=O)Oc3ccccc3)c(N[C@@H](COC)C(=O)OC(C)C)cc2s1. The molecular formula is C26H29NO7PS+. The molecule has 1 heterocycles. The maximum atomic E-state index is 12.9. The van der Waals surface area contributed by atoms with E-state index in [1.807, 2.05) is 18.2 Å². The van der Waals surface area contributed by atoms with Gasteiger partial charge in [0, 0.05) is 23.1 Å². The summed E-state index contributed by atoms with van der Waals surface area (Å²) in [6.45, 7) is 7.27. The Balaban J connectivity index is 1.95. The van der Waals surface area contributed by atoms with Gasteiger partial charge in [-0.2, -0.15) is 0 Å². The lowest BCUT2D eigenvalue weighted by atomic mass is 10.1. The zero-order valence-electron chi connectivity index (χ0n) is 20.4. The quantitative estimate of drug-likeness (QED) is 0.165. The Morgan fingerprint density at radius 1 is 1.17 bits per heavy atom. The van der Waals surface area contributed by atoms with Crippen LogP contribution in [0.2, 0.25) is 0 Å². The van der Waals surface area contributed by atoms with Crippen LogP contribution in [0.1, 0.15) is 29.1 Å². The molecule has 0 aliphatic carbocycles. The third-order valence-corrected chi connectivity index (χ3v) is 6.92. The van der Waals surface area contributed by atoms with Crippen molar-refractivity contribution in [3.8, 4) is 5.75 Å². The highest BCUT2D eigenvalue weighted by Gasteiger charge is 2.27. The molecule has 0 spiro atoms. The van der Waals surface area contributed by atoms with Crippen LogP contribution < -0.4 is 9.84 Å². The van der Waals surface area contributed by atoms with Crippen molar-refractivity contribution in [3.63, 3.8) is 0 Å². The highest BCUT2D eigenvalue weighted by atomic mass is 32.1. The minimum Gasteiger partial charge on any atom is -0.461 e. The Morgan fingerprint density at radius 3 is 2.58 bits per heavy atom. The Hall–Kier alpha value is -3.26. The number of ether oxygens (including phenoxy) is 3. The number of carbonyl (C=O) groups excluding carboxylic acids is 2. The number of fused-ring (bicyclic) bond motifs is 1. The number of carbonyl (C=O) groups is 2. The number of anilines is 1. The molecule has 0 aliphatic heterocycles. The van der Waals surface area contributed by atoms with Crippen LogP contribution in [0, 0.1) is 0 Å². The van der Waals surface area contributed by atoms with Gasteiger partial charge in [-0.15, -0.1) is 11.3 Å². The lowest BCUT2D eigenvalue weighted by Crippen LogP contribution is -2.37. The summed E-state index contributed by atoms with van der Waals surface area (Å²) >= 11 is 1.26. The Bertz CT molecular complexity index is 1230. The van der Waals surface area contributed by atoms with Gasteiger partial charge in [-0.1, -0.05) is 30.9 Å². The number of para-hydroxylation sites is 1. The van der Waals surface area contributed by atoms with Crippen molar-refractivity contribution >= 4 is 47.1 Å². The van der Waals surface area contributed by atoms with Gasteiger partial charge in [0.25, 0.3) is 0 Å². The van der Waals surface area contributed by atoms with Crippen molar-refractivity contribution in [2.75, 3.05) is 25.6 Å². The van der Waals surface area contributed by atoms with Gasteiger partial charge in [0.2, 0.25) is 6.16 Å². The van der Waals surface area contributed by atoms with Crippen LogP contribution >= 0.6 is 19.4 Å². The number of nitrogens with one attached hydrogen (secondary N) is 1. The van der Waals surface area contributed by atoms with Crippen LogP contribution in [0.15, 0.2) is 61.2 Å². The third-order valence-electron chi connectivity index (χ3n) is 4.82. The van der Waals surface area contributed by atoms with E-state index in [1.54, 1.807) is 44.2 Å². The fourth-order valence-electron chi connectivity index (χ4n) is 3.31. The molecule has 0 bridgehead atoms. The van der Waals surface area contributed by atoms with E-state index in [9.17, 15) is 14.2 Å². The number of benzene rings is 2. The topological polar surface area (TPSA) is 100 Å². The van der Waals surface area contributed by atoms with Crippen molar-refractivity contribution in [1.82, 2.24) is 0 Å². The fourth-order valence-corrected chi connectivity index (χ4v) is 5.25. The van der Waals surface area contributed by atoms with E-state index in [4.69, 9.17) is 18.7 Å². The molecule has 36 heavy (non-hydrogen) atoms. The summed E-state index contributed by atoms with van der Waals surface area (Å²) in [6, 6.07) is 13.5. The minimum atomic E-state index is -2.12. The number of rotatable bonds is 13. The first-order chi connectivity index (χ1) is 17.3. The summed E-state index contributed by atoms with van der Waals surface area (Å²) in [6.07, 6.45) is 1.28. The number of methoxy groups -OCH3 is 1. The molecule has 2 aromatic carbocycles. The second-order valence-electron chi connectivity index (χ2n) is 8.08. The van der Waals surface area contributed by atoms with Gasteiger partial charge in [0.15, 0.2) is 5.75 Å². The molecule has 8 nitrogen and oxygen atoms in total. The number of thiophene rings is 1. The first-order valence-corrected chi connectivity index (χ1v) is 13.5. The molecule has 2 atom stereocenters. The number of esters is 2. The first kappa shape index (κ1) is 27.3. The zero-order chi connectivity index (χ0) is 26.1. The molecule has 10 heteroatoms. The maximum Gasteiger partial charge on any atom is 0.560 e. The summed E-state index contributed by atoms with van der Waals surface area (Å²) in [5.41, 5.74) is 1.22. The summed E-state index contributed by atoms with van der Waals surface area (Å²) in [5.74, 6) is -0.430. The van der Waals surface area contributed by atoms with Crippen LogP contribution in [0.25, 0.3) is 10.1 Å². The minimum absolute atomic E-state index is 0.0687. The molecule has 0 saturated carbocycles. The van der Waals surface area contributed by atoms with E-state index in [0.29, 0.717) is 21.9 Å². The molecule has 1 N–H and O–H groups in total. The van der Waals surface area contributed by atoms with E-state index in [0.717, 1.165) is 10.1 Å². The van der Waals surface area contributed by atoms with Crippen LogP contribution in [-0.2, 0) is 29.7 Å². The number of hydrogen-bond donors (Lipinski definition) is 1. The van der Waals surface area contributed by atoms with Gasteiger partial charge < -0.3 is 19.5 Å². The highest BCUT2D eigenvalue weighted by molar-refractivity contribution is 7.38. The van der Waals surface area contributed by atoms with Gasteiger partial charge in [0.05, 0.1) is 12.7 Å². The van der Waals surface area contributed by atoms with Crippen molar-refractivity contribution in [2.45, 2.75) is 32.2 Å². The van der Waals surface area contributed by atoms with Crippen LogP contribution in [-0.4, -0.2) is 44.4 Å². The van der Waals surface area contributed by atoms with Gasteiger partial charge in [-0.25, -0.2) is 9.59 Å². The molecule has 0 saturated heterocycles. The van der Waals surface area contributed by atoms with Crippen molar-refractivity contribution < 1.29 is 32.9 Å². The Morgan fingerprint density at radius 2 is 1.92 bits per heavy atom. The third kappa shape index (κ3) is 7.62. The maximum absolute atomic E-state index is 12.9. The van der Waals surface area contributed by atoms with E-state index in [2.05, 4.69) is 11.9 Å². The van der Waals surface area contributed by atoms with E-state index >= 15 is 0 Å². The molecule has 0 amide bonds. The zero-order valence-corrected chi connectivity index (χ0v) is 22.1. The smallest absolute Gasteiger partial charge is 0.461 e. The number of hydrogen-bond acceptors (Lipinski definition) is 9. The molecule has 1 unspecified atom stereocenters. The summed E-state index contributed by atoms with van der Waals surface area (Å²) in [5, 5.41) is 3.96. The Kier molecular flexibility index (Phi) is 9.99. The fraction of sp³-hybridized carbons (Fsp3) is 0.308. The standard InChI is InChI=1S/C26H28NO7PS/c1-5-11-32-26(29)24-13-18-12-19(16-35(30)34-20-9-7-6-8-10-20)21(14-23(18)36-24)27-22(15-31-4)25(28)33-17(2)3/h5-10,12-14,17,22H,1,11,15-16H2,2-4H3/p+1/t22-/m0/s1. The van der Waals surface area contributed by atoms with Gasteiger partial charge in [-0.05, 0) is 54.1 Å². The van der Waals surface area contributed by atoms with Crippen molar-refractivity contribution in [2.24, 2.45) is 0 Å². The average molecular weight is 531 g/mol. The normalized spacial score (nSPS) is 12.2. The largest absolute Gasteiger partial charge is 0.560 e. The lowest BCUT2D eigenvalue weighted by molar-refractivity contribution is -0.149. The molecular weight excluding hydrogens is 501 g/mol. The summed E-state index contributed by atoms with van der Waals surface area (Å²) in [7, 11) is -0.625. The van der Waals surface area contributed by atoms with E-state index < -0.39 is 26.0 Å². The lowest BCUT2D eigenvalue weighted by Gasteiger charge is -2.20. The monoisotopic (exact) mass is 530 g/mol. The highest BCUT2D eigenvalue weighted by Crippen LogP contribution is 2.38. The predicted molar refractivity (Wildman–Crippen MR) is 141 cm³/mol. The van der Waals surface area contributed by atoms with E-state index in [-0.39, 0.29) is 25.5 Å². The Labute approximate surface area is 215 Å². The van der Waals surface area contributed by atoms with Gasteiger partial charge >= 0.3 is 20.0 Å². The van der Waals surface area contributed by atoms with Crippen LogP contribution in [0.5, 0.6) is 5.75 Å². The molecule has 0 radical (unpaired) electrons. The van der Waals surface area contributed by atoms with Gasteiger partial charge in [0.1, 0.15) is 17.5 Å². The molecule has 1 aromatic heterocycles. The van der Waals surface area contributed by atoms with Crippen LogP contribution in [0.4, 0.5) is 5.69 Å². The van der Waals surface area contributed by atoms with E-state index in [1.165, 1.54) is 24.5 Å². The average Bonchev–Trinajstić information content (AvgIpc) is 3.25. The van der Waals surface area contributed by atoms with Gasteiger partial charge in [-0.3, -0.25) is 4.52 Å². The second kappa shape index (κ2) is 13.2. The molecule has 0 aliphatic rings. The van der Waals surface area contributed by atoms with Crippen LogP contribution in [0.3, 0.4) is 0 Å². The molecule has 3 aromatic rings. The summed E-state index contributed by atoms with van der Waals surface area (Å²) in [4.78, 5) is 25.4. The van der Waals surface area contributed by atoms with Crippen molar-refractivity contribution in [3.05, 3.63) is 71.6 Å². The van der Waals surface area contributed by atoms with Crippen molar-refractivity contribution in [1.29, 1.82) is 0 Å².